The van der Waals surface area contributed by atoms with Crippen LogP contribution in [0.1, 0.15) is 27.7 Å². The first kappa shape index (κ1) is 15.2. The first-order chi connectivity index (χ1) is 9.35. The number of carbonyl (C=O) groups is 1. The monoisotopic (exact) mass is 277 g/mol. The van der Waals surface area contributed by atoms with Crippen LogP contribution in [0.5, 0.6) is 0 Å². The Hall–Kier alpha value is -1.18. The Morgan fingerprint density at radius 3 is 2.40 bits per heavy atom. The highest BCUT2D eigenvalue weighted by Gasteiger charge is 2.58. The van der Waals surface area contributed by atoms with E-state index in [0.29, 0.717) is 13.2 Å². The molecule has 2 aliphatic rings. The summed E-state index contributed by atoms with van der Waals surface area (Å²) >= 11 is 0. The van der Waals surface area contributed by atoms with Crippen LogP contribution in [-0.4, -0.2) is 25.3 Å². The number of hydrogen-bond donors (Lipinski definition) is 0. The van der Waals surface area contributed by atoms with E-state index in [1.165, 1.54) is 0 Å². The smallest absolute Gasteiger partial charge is 0.170 e. The van der Waals surface area contributed by atoms with Gasteiger partial charge in [-0.1, -0.05) is 26.0 Å². The van der Waals surface area contributed by atoms with E-state index in [2.05, 4.69) is 26.5 Å². The number of nitriles is 1. The van der Waals surface area contributed by atoms with Crippen molar-refractivity contribution in [3.63, 3.8) is 0 Å². The molecule has 1 heterocycles. The predicted octanol–water partition coefficient (Wildman–Crippen LogP) is 2.55. The molecule has 1 aliphatic carbocycles. The Balaban J connectivity index is 2.43. The van der Waals surface area contributed by atoms with Crippen LogP contribution < -0.4 is 0 Å². The molecule has 4 heteroatoms. The third-order valence-electron chi connectivity index (χ3n) is 5.29. The molecule has 0 bridgehead atoms. The van der Waals surface area contributed by atoms with Crippen molar-refractivity contribution in [1.82, 2.24) is 0 Å². The quantitative estimate of drug-likeness (QED) is 0.728. The van der Waals surface area contributed by atoms with Crippen LogP contribution in [0.15, 0.2) is 12.2 Å². The topological polar surface area (TPSA) is 59.3 Å². The second-order valence-corrected chi connectivity index (χ2v) is 6.35. The van der Waals surface area contributed by atoms with Gasteiger partial charge in [-0.25, -0.2) is 0 Å². The van der Waals surface area contributed by atoms with Crippen molar-refractivity contribution in [1.29, 1.82) is 5.26 Å². The molecule has 0 unspecified atom stereocenters. The number of allylic oxidation sites excluding steroid dienone is 1. The van der Waals surface area contributed by atoms with Gasteiger partial charge in [0.15, 0.2) is 12.1 Å². The zero-order valence-corrected chi connectivity index (χ0v) is 12.7. The first-order valence-corrected chi connectivity index (χ1v) is 7.18. The first-order valence-electron chi connectivity index (χ1n) is 7.18. The second kappa shape index (κ2) is 5.31. The minimum Gasteiger partial charge on any atom is -0.349 e. The molecular weight excluding hydrogens is 254 g/mol. The van der Waals surface area contributed by atoms with Gasteiger partial charge in [-0.05, 0) is 25.7 Å². The van der Waals surface area contributed by atoms with E-state index in [0.717, 1.165) is 5.57 Å². The number of hydrogen-bond acceptors (Lipinski definition) is 4. The number of ketones is 1. The second-order valence-electron chi connectivity index (χ2n) is 6.35. The molecule has 0 amide bonds. The van der Waals surface area contributed by atoms with Gasteiger partial charge in [0.05, 0.1) is 24.7 Å². The third kappa shape index (κ3) is 2.01. The Bertz CT molecular complexity index is 461. The van der Waals surface area contributed by atoms with Gasteiger partial charge in [0, 0.05) is 5.92 Å². The van der Waals surface area contributed by atoms with Crippen LogP contribution in [0.3, 0.4) is 0 Å². The molecule has 0 radical (unpaired) electrons. The SMILES string of the molecule is C=C(C)[C@@H]1[C@@H](C)[C@@H](C)[C@](C)(C2OCCO2)C(=O)[C@H]1C#N. The zero-order chi connectivity index (χ0) is 15.1. The summed E-state index contributed by atoms with van der Waals surface area (Å²) in [5, 5.41) is 9.47. The van der Waals surface area contributed by atoms with Crippen molar-refractivity contribution in [2.45, 2.75) is 34.0 Å². The molecule has 4 nitrogen and oxygen atoms in total. The van der Waals surface area contributed by atoms with E-state index in [-0.39, 0.29) is 23.5 Å². The fourth-order valence-corrected chi connectivity index (χ4v) is 3.79. The molecule has 2 fully saturated rings. The summed E-state index contributed by atoms with van der Waals surface area (Å²) < 4.78 is 11.2. The van der Waals surface area contributed by atoms with Crippen LogP contribution in [0.4, 0.5) is 0 Å². The van der Waals surface area contributed by atoms with Gasteiger partial charge in [0.2, 0.25) is 0 Å². The fraction of sp³-hybridized carbons (Fsp3) is 0.750. The summed E-state index contributed by atoms with van der Waals surface area (Å²) in [7, 11) is 0. The van der Waals surface area contributed by atoms with E-state index >= 15 is 0 Å². The molecule has 0 spiro atoms. The van der Waals surface area contributed by atoms with E-state index in [9.17, 15) is 10.1 Å². The highest BCUT2D eigenvalue weighted by Crippen LogP contribution is 2.52. The van der Waals surface area contributed by atoms with Gasteiger partial charge >= 0.3 is 0 Å². The zero-order valence-electron chi connectivity index (χ0n) is 12.7. The predicted molar refractivity (Wildman–Crippen MR) is 74.5 cm³/mol. The molecule has 1 saturated carbocycles. The van der Waals surface area contributed by atoms with E-state index < -0.39 is 17.6 Å². The van der Waals surface area contributed by atoms with Crippen molar-refractivity contribution in [3.8, 4) is 6.07 Å². The standard InChI is InChI=1S/C16H23NO3/c1-9(2)13-10(3)11(4)16(5,14(18)12(13)8-17)15-19-6-7-20-15/h10-13,15H,1,6-7H2,2-5H3/t10-,11+,12-,13+,16-/m0/s1. The molecule has 1 saturated heterocycles. The normalized spacial score (nSPS) is 42.5. The summed E-state index contributed by atoms with van der Waals surface area (Å²) in [5.41, 5.74) is 0.141. The highest BCUT2D eigenvalue weighted by atomic mass is 16.7. The summed E-state index contributed by atoms with van der Waals surface area (Å²) in [6.07, 6.45) is -0.533. The lowest BCUT2D eigenvalue weighted by atomic mass is 9.54. The van der Waals surface area contributed by atoms with Gasteiger partial charge in [0.25, 0.3) is 0 Å². The number of ether oxygens (including phenoxy) is 2. The molecule has 1 aliphatic heterocycles. The van der Waals surface area contributed by atoms with Gasteiger partial charge in [0.1, 0.15) is 5.92 Å². The van der Waals surface area contributed by atoms with Crippen LogP contribution in [0.25, 0.3) is 0 Å². The third-order valence-corrected chi connectivity index (χ3v) is 5.29. The van der Waals surface area contributed by atoms with Gasteiger partial charge in [-0.3, -0.25) is 4.79 Å². The summed E-state index contributed by atoms with van der Waals surface area (Å²) in [5.74, 6) is -0.545. The van der Waals surface area contributed by atoms with Crippen molar-refractivity contribution in [2.24, 2.45) is 29.1 Å². The van der Waals surface area contributed by atoms with Gasteiger partial charge < -0.3 is 9.47 Å². The van der Waals surface area contributed by atoms with E-state index in [4.69, 9.17) is 9.47 Å². The highest BCUT2D eigenvalue weighted by molar-refractivity contribution is 5.91. The maximum absolute atomic E-state index is 12.9. The van der Waals surface area contributed by atoms with Crippen molar-refractivity contribution in [3.05, 3.63) is 12.2 Å². The lowest BCUT2D eigenvalue weighted by molar-refractivity contribution is -0.185. The molecule has 5 atom stereocenters. The Kier molecular flexibility index (Phi) is 4.04. The van der Waals surface area contributed by atoms with Crippen molar-refractivity contribution in [2.75, 3.05) is 13.2 Å². The average molecular weight is 277 g/mol. The van der Waals surface area contributed by atoms with Crippen LogP contribution in [-0.2, 0) is 14.3 Å². The summed E-state index contributed by atoms with van der Waals surface area (Å²) in [6, 6.07) is 2.19. The van der Waals surface area contributed by atoms with Crippen molar-refractivity contribution < 1.29 is 14.3 Å². The Morgan fingerprint density at radius 2 is 1.95 bits per heavy atom. The van der Waals surface area contributed by atoms with Gasteiger partial charge in [-0.15, -0.1) is 0 Å². The number of Topliss-reactive ketones (excluding diaryl/α,β-unsaturated/α-hetero) is 1. The summed E-state index contributed by atoms with van der Waals surface area (Å²) in [6.45, 7) is 12.9. The maximum Gasteiger partial charge on any atom is 0.170 e. The lowest BCUT2D eigenvalue weighted by Crippen LogP contribution is -2.57. The molecule has 2 rings (SSSR count). The molecule has 20 heavy (non-hydrogen) atoms. The molecular formula is C16H23NO3. The number of nitrogens with zero attached hydrogens (tertiary/aromatic N) is 1. The van der Waals surface area contributed by atoms with Gasteiger partial charge in [-0.2, -0.15) is 5.26 Å². The van der Waals surface area contributed by atoms with Crippen LogP contribution in [0, 0.1) is 40.4 Å². The van der Waals surface area contributed by atoms with Crippen LogP contribution >= 0.6 is 0 Å². The average Bonchev–Trinajstić information content (AvgIpc) is 2.94. The minimum absolute atomic E-state index is 0.0644. The largest absolute Gasteiger partial charge is 0.349 e. The summed E-state index contributed by atoms with van der Waals surface area (Å²) in [4.78, 5) is 12.9. The maximum atomic E-state index is 12.9. The minimum atomic E-state index is -0.762. The number of carbonyl (C=O) groups excluding carboxylic acids is 1. The molecule has 0 aromatic rings. The Labute approximate surface area is 120 Å². The van der Waals surface area contributed by atoms with E-state index in [1.54, 1.807) is 0 Å². The molecule has 0 N–H and O–H groups in total. The number of rotatable bonds is 2. The molecule has 110 valence electrons. The molecule has 0 aromatic carbocycles. The molecule has 0 aromatic heterocycles. The van der Waals surface area contributed by atoms with E-state index in [1.807, 2.05) is 13.8 Å². The lowest BCUT2D eigenvalue weighted by Gasteiger charge is -2.49. The Morgan fingerprint density at radius 1 is 1.40 bits per heavy atom. The fourth-order valence-electron chi connectivity index (χ4n) is 3.79. The van der Waals surface area contributed by atoms with Crippen LogP contribution in [0.2, 0.25) is 0 Å². The van der Waals surface area contributed by atoms with Crippen molar-refractivity contribution >= 4 is 5.78 Å².